The van der Waals surface area contributed by atoms with Crippen LogP contribution in [0, 0.1) is 0 Å². The van der Waals surface area contributed by atoms with Gasteiger partial charge in [-0.1, -0.05) is 12.1 Å². The van der Waals surface area contributed by atoms with Gasteiger partial charge in [-0.05, 0) is 38.8 Å². The van der Waals surface area contributed by atoms with Crippen molar-refractivity contribution in [2.45, 2.75) is 45.0 Å². The molecule has 1 saturated heterocycles. The number of benzene rings is 1. The van der Waals surface area contributed by atoms with Crippen LogP contribution >= 0.6 is 0 Å². The predicted molar refractivity (Wildman–Crippen MR) is 77.8 cm³/mol. The van der Waals surface area contributed by atoms with E-state index in [0.29, 0.717) is 24.4 Å². The SMILES string of the molecule is CC(C)Oc1ccccc1NC(=O)C1CCC(CN)O1. The molecule has 0 spiro atoms. The van der Waals surface area contributed by atoms with Crippen LogP contribution in [0.4, 0.5) is 5.69 Å². The fourth-order valence-electron chi connectivity index (χ4n) is 2.21. The molecule has 3 N–H and O–H groups in total. The Hall–Kier alpha value is -1.59. The minimum absolute atomic E-state index is 0.00657. The first-order valence-electron chi connectivity index (χ1n) is 7.02. The molecule has 20 heavy (non-hydrogen) atoms. The maximum Gasteiger partial charge on any atom is 0.253 e. The highest BCUT2D eigenvalue weighted by Gasteiger charge is 2.30. The normalized spacial score (nSPS) is 22.0. The van der Waals surface area contributed by atoms with Crippen molar-refractivity contribution in [3.63, 3.8) is 0 Å². The average Bonchev–Trinajstić information content (AvgIpc) is 2.89. The highest BCUT2D eigenvalue weighted by Crippen LogP contribution is 2.26. The van der Waals surface area contributed by atoms with Crippen molar-refractivity contribution in [2.24, 2.45) is 5.73 Å². The van der Waals surface area contributed by atoms with Crippen LogP contribution in [0.5, 0.6) is 5.75 Å². The molecule has 1 heterocycles. The first-order valence-corrected chi connectivity index (χ1v) is 7.02. The first-order chi connectivity index (χ1) is 9.60. The predicted octanol–water partition coefficient (Wildman–Crippen LogP) is 1.92. The number of hydrogen-bond acceptors (Lipinski definition) is 4. The number of rotatable bonds is 5. The van der Waals surface area contributed by atoms with Gasteiger partial charge in [0.25, 0.3) is 5.91 Å². The number of hydrogen-bond donors (Lipinski definition) is 2. The number of para-hydroxylation sites is 2. The van der Waals surface area contributed by atoms with Crippen molar-refractivity contribution >= 4 is 11.6 Å². The summed E-state index contributed by atoms with van der Waals surface area (Å²) in [6.45, 7) is 4.35. The molecule has 1 amide bonds. The molecule has 5 heteroatoms. The molecule has 0 aliphatic carbocycles. The molecular formula is C15H22N2O3. The van der Waals surface area contributed by atoms with Crippen LogP contribution in [-0.2, 0) is 9.53 Å². The summed E-state index contributed by atoms with van der Waals surface area (Å²) in [5, 5.41) is 2.87. The van der Waals surface area contributed by atoms with Gasteiger partial charge < -0.3 is 20.5 Å². The molecular weight excluding hydrogens is 256 g/mol. The van der Waals surface area contributed by atoms with Crippen LogP contribution < -0.4 is 15.8 Å². The number of nitrogens with two attached hydrogens (primary N) is 1. The maximum absolute atomic E-state index is 12.2. The minimum atomic E-state index is -0.421. The second-order valence-corrected chi connectivity index (χ2v) is 5.21. The monoisotopic (exact) mass is 278 g/mol. The van der Waals surface area contributed by atoms with Crippen molar-refractivity contribution in [3.05, 3.63) is 24.3 Å². The molecule has 0 bridgehead atoms. The van der Waals surface area contributed by atoms with Crippen molar-refractivity contribution in [1.29, 1.82) is 0 Å². The molecule has 1 aromatic carbocycles. The Kier molecular flexibility index (Phi) is 4.98. The van der Waals surface area contributed by atoms with E-state index in [1.807, 2.05) is 38.1 Å². The van der Waals surface area contributed by atoms with E-state index in [2.05, 4.69) is 5.32 Å². The fourth-order valence-corrected chi connectivity index (χ4v) is 2.21. The maximum atomic E-state index is 12.2. The van der Waals surface area contributed by atoms with Gasteiger partial charge in [-0.2, -0.15) is 0 Å². The summed E-state index contributed by atoms with van der Waals surface area (Å²) in [5.41, 5.74) is 6.22. The summed E-state index contributed by atoms with van der Waals surface area (Å²) in [4.78, 5) is 12.2. The highest BCUT2D eigenvalue weighted by atomic mass is 16.5. The van der Waals surface area contributed by atoms with E-state index in [-0.39, 0.29) is 18.1 Å². The standard InChI is InChI=1S/C15H22N2O3/c1-10(2)19-13-6-4-3-5-12(13)17-15(18)14-8-7-11(9-16)20-14/h3-6,10-11,14H,7-9,16H2,1-2H3,(H,17,18). The summed E-state index contributed by atoms with van der Waals surface area (Å²) >= 11 is 0. The number of nitrogens with one attached hydrogen (secondary N) is 1. The average molecular weight is 278 g/mol. The van der Waals surface area contributed by atoms with Gasteiger partial charge in [0.2, 0.25) is 0 Å². The fraction of sp³-hybridized carbons (Fsp3) is 0.533. The van der Waals surface area contributed by atoms with Gasteiger partial charge in [-0.25, -0.2) is 0 Å². The van der Waals surface area contributed by atoms with E-state index in [1.54, 1.807) is 0 Å². The molecule has 0 radical (unpaired) electrons. The Morgan fingerprint density at radius 3 is 2.85 bits per heavy atom. The second kappa shape index (κ2) is 6.72. The topological polar surface area (TPSA) is 73.6 Å². The van der Waals surface area contributed by atoms with Gasteiger partial charge in [-0.3, -0.25) is 4.79 Å². The lowest BCUT2D eigenvalue weighted by molar-refractivity contribution is -0.126. The molecule has 2 atom stereocenters. The Labute approximate surface area is 119 Å². The van der Waals surface area contributed by atoms with Gasteiger partial charge in [-0.15, -0.1) is 0 Å². The van der Waals surface area contributed by atoms with Crippen LogP contribution in [0.2, 0.25) is 0 Å². The number of ether oxygens (including phenoxy) is 2. The summed E-state index contributed by atoms with van der Waals surface area (Å²) in [5.74, 6) is 0.532. The van der Waals surface area contributed by atoms with E-state index in [9.17, 15) is 4.79 Å². The molecule has 0 aromatic heterocycles. The number of carbonyl (C=O) groups is 1. The smallest absolute Gasteiger partial charge is 0.253 e. The second-order valence-electron chi connectivity index (χ2n) is 5.21. The van der Waals surface area contributed by atoms with Gasteiger partial charge in [0, 0.05) is 6.54 Å². The van der Waals surface area contributed by atoms with Gasteiger partial charge in [0.1, 0.15) is 11.9 Å². The Morgan fingerprint density at radius 2 is 2.20 bits per heavy atom. The first kappa shape index (κ1) is 14.8. The van der Waals surface area contributed by atoms with Gasteiger partial charge >= 0.3 is 0 Å². The van der Waals surface area contributed by atoms with Crippen molar-refractivity contribution in [2.75, 3.05) is 11.9 Å². The molecule has 2 unspecified atom stereocenters. The van der Waals surface area contributed by atoms with Crippen LogP contribution in [0.15, 0.2) is 24.3 Å². The molecule has 110 valence electrons. The Balaban J connectivity index is 2.01. The zero-order valence-electron chi connectivity index (χ0n) is 12.0. The van der Waals surface area contributed by atoms with E-state index >= 15 is 0 Å². The molecule has 0 saturated carbocycles. The molecule has 1 aliphatic heterocycles. The van der Waals surface area contributed by atoms with Crippen LogP contribution in [0.1, 0.15) is 26.7 Å². The van der Waals surface area contributed by atoms with E-state index in [1.165, 1.54) is 0 Å². The summed E-state index contributed by atoms with van der Waals surface area (Å²) < 4.78 is 11.3. The molecule has 1 aromatic rings. The lowest BCUT2D eigenvalue weighted by atomic mass is 10.2. The number of anilines is 1. The van der Waals surface area contributed by atoms with Gasteiger partial charge in [0.05, 0.1) is 17.9 Å². The molecule has 1 fully saturated rings. The Morgan fingerprint density at radius 1 is 1.45 bits per heavy atom. The van der Waals surface area contributed by atoms with Crippen LogP contribution in [0.3, 0.4) is 0 Å². The lowest BCUT2D eigenvalue weighted by Crippen LogP contribution is -2.30. The largest absolute Gasteiger partial charge is 0.489 e. The quantitative estimate of drug-likeness (QED) is 0.863. The van der Waals surface area contributed by atoms with E-state index < -0.39 is 6.10 Å². The molecule has 2 rings (SSSR count). The Bertz CT molecular complexity index is 462. The minimum Gasteiger partial charge on any atom is -0.489 e. The zero-order valence-corrected chi connectivity index (χ0v) is 12.0. The third-order valence-electron chi connectivity index (χ3n) is 3.17. The molecule has 5 nitrogen and oxygen atoms in total. The number of amides is 1. The van der Waals surface area contributed by atoms with Crippen LogP contribution in [0.25, 0.3) is 0 Å². The van der Waals surface area contributed by atoms with Crippen molar-refractivity contribution < 1.29 is 14.3 Å². The highest BCUT2D eigenvalue weighted by molar-refractivity contribution is 5.95. The molecule has 1 aliphatic rings. The zero-order chi connectivity index (χ0) is 14.5. The van der Waals surface area contributed by atoms with Gasteiger partial charge in [0.15, 0.2) is 0 Å². The van der Waals surface area contributed by atoms with E-state index in [4.69, 9.17) is 15.2 Å². The third-order valence-corrected chi connectivity index (χ3v) is 3.17. The van der Waals surface area contributed by atoms with Crippen molar-refractivity contribution in [1.82, 2.24) is 0 Å². The van der Waals surface area contributed by atoms with E-state index in [0.717, 1.165) is 6.42 Å². The number of carbonyl (C=O) groups excluding carboxylic acids is 1. The van der Waals surface area contributed by atoms with Crippen molar-refractivity contribution in [3.8, 4) is 5.75 Å². The van der Waals surface area contributed by atoms with Crippen LogP contribution in [-0.4, -0.2) is 30.8 Å². The lowest BCUT2D eigenvalue weighted by Gasteiger charge is -2.17. The summed E-state index contributed by atoms with van der Waals surface area (Å²) in [6, 6.07) is 7.41. The summed E-state index contributed by atoms with van der Waals surface area (Å²) in [7, 11) is 0. The summed E-state index contributed by atoms with van der Waals surface area (Å²) in [6.07, 6.45) is 1.17. The third kappa shape index (κ3) is 3.71.